The Balaban J connectivity index is 1.30. The normalized spacial score (nSPS) is 29.0. The highest BCUT2D eigenvalue weighted by Crippen LogP contribution is 2.45. The molecule has 0 unspecified atom stereocenters. The minimum absolute atomic E-state index is 0.180. The molecule has 0 aliphatic carbocycles. The third kappa shape index (κ3) is 2.50. The lowest BCUT2D eigenvalue weighted by Gasteiger charge is -2.49. The van der Waals surface area contributed by atoms with Gasteiger partial charge in [0.25, 0.3) is 0 Å². The summed E-state index contributed by atoms with van der Waals surface area (Å²) in [5.74, 6) is 0.506. The van der Waals surface area contributed by atoms with E-state index in [0.717, 1.165) is 37.5 Å². The Labute approximate surface area is 168 Å². The summed E-state index contributed by atoms with van der Waals surface area (Å²) < 4.78 is 6.02. The van der Waals surface area contributed by atoms with Gasteiger partial charge in [-0.3, -0.25) is 9.80 Å². The van der Waals surface area contributed by atoms with Crippen LogP contribution in [-0.4, -0.2) is 42.8 Å². The molecule has 0 radical (unpaired) electrons. The molecule has 1 spiro atoms. The average molecular weight is 391 g/mol. The Kier molecular flexibility index (Phi) is 3.59. The van der Waals surface area contributed by atoms with Gasteiger partial charge < -0.3 is 4.74 Å². The summed E-state index contributed by atoms with van der Waals surface area (Å²) in [4.78, 5) is 18.2. The number of benzene rings is 2. The lowest BCUT2D eigenvalue weighted by molar-refractivity contribution is -0.0881. The summed E-state index contributed by atoms with van der Waals surface area (Å²) in [6.07, 6.45) is 2.11. The zero-order valence-corrected chi connectivity index (χ0v) is 16.5. The van der Waals surface area contributed by atoms with Gasteiger partial charge in [-0.25, -0.2) is 4.79 Å². The maximum Gasteiger partial charge on any atom is 0.415 e. The van der Waals surface area contributed by atoms with E-state index >= 15 is 0 Å². The molecule has 1 aromatic heterocycles. The van der Waals surface area contributed by atoms with Crippen LogP contribution < -0.4 is 4.90 Å². The monoisotopic (exact) mass is 390 g/mol. The summed E-state index contributed by atoms with van der Waals surface area (Å²) >= 11 is 1.67. The molecule has 5 heterocycles. The highest BCUT2D eigenvalue weighted by atomic mass is 32.1. The van der Waals surface area contributed by atoms with Crippen molar-refractivity contribution in [2.75, 3.05) is 31.1 Å². The van der Waals surface area contributed by atoms with Crippen LogP contribution in [0.3, 0.4) is 0 Å². The number of amides is 1. The summed E-state index contributed by atoms with van der Waals surface area (Å²) in [5, 5.41) is 3.47. The molecule has 5 heteroatoms. The third-order valence-corrected chi connectivity index (χ3v) is 7.81. The topological polar surface area (TPSA) is 32.8 Å². The molecule has 1 atom stereocenters. The smallest absolute Gasteiger partial charge is 0.415 e. The summed E-state index contributed by atoms with van der Waals surface area (Å²) in [6.45, 7) is 3.87. The average Bonchev–Trinajstić information content (AvgIpc) is 3.33. The van der Waals surface area contributed by atoms with Crippen LogP contribution in [0.5, 0.6) is 0 Å². The number of anilines is 1. The molecule has 4 saturated heterocycles. The Hall–Kier alpha value is -2.37. The van der Waals surface area contributed by atoms with Crippen molar-refractivity contribution < 1.29 is 9.53 Å². The van der Waals surface area contributed by atoms with Crippen LogP contribution in [0.4, 0.5) is 9.80 Å². The number of nitrogens with zero attached hydrogens (tertiary/aromatic N) is 2. The van der Waals surface area contributed by atoms with E-state index in [0.29, 0.717) is 12.5 Å². The van der Waals surface area contributed by atoms with Gasteiger partial charge in [0, 0.05) is 17.3 Å². The third-order valence-electron chi connectivity index (χ3n) is 6.65. The molecule has 7 rings (SSSR count). The van der Waals surface area contributed by atoms with Gasteiger partial charge in [0.2, 0.25) is 0 Å². The van der Waals surface area contributed by atoms with E-state index in [-0.39, 0.29) is 11.7 Å². The van der Waals surface area contributed by atoms with E-state index in [2.05, 4.69) is 59.5 Å². The van der Waals surface area contributed by atoms with E-state index in [4.69, 9.17) is 4.74 Å². The van der Waals surface area contributed by atoms with Gasteiger partial charge in [0.1, 0.15) is 10.6 Å². The highest BCUT2D eigenvalue weighted by Gasteiger charge is 2.55. The molecule has 4 aliphatic heterocycles. The second-order valence-electron chi connectivity index (χ2n) is 8.27. The number of carbonyl (C=O) groups is 1. The number of hydrogen-bond acceptors (Lipinski definition) is 4. The van der Waals surface area contributed by atoms with Crippen molar-refractivity contribution in [2.45, 2.75) is 18.4 Å². The number of ether oxygens (including phenoxy) is 1. The van der Waals surface area contributed by atoms with Gasteiger partial charge in [-0.15, -0.1) is 11.3 Å². The molecular formula is C23H22N2O2S. The number of rotatable bonds is 2. The molecule has 2 aromatic carbocycles. The second-order valence-corrected chi connectivity index (χ2v) is 9.33. The second kappa shape index (κ2) is 6.06. The fourth-order valence-electron chi connectivity index (χ4n) is 5.15. The van der Waals surface area contributed by atoms with Crippen LogP contribution in [0.15, 0.2) is 54.6 Å². The number of piperidine rings is 3. The molecule has 0 N–H and O–H groups in total. The first-order valence-electron chi connectivity index (χ1n) is 10.0. The van der Waals surface area contributed by atoms with E-state index in [1.165, 1.54) is 21.2 Å². The van der Waals surface area contributed by atoms with Gasteiger partial charge in [-0.2, -0.15) is 0 Å². The van der Waals surface area contributed by atoms with Crippen molar-refractivity contribution in [3.63, 3.8) is 0 Å². The molecule has 0 saturated carbocycles. The fourth-order valence-corrected chi connectivity index (χ4v) is 6.14. The van der Waals surface area contributed by atoms with Crippen LogP contribution in [0.2, 0.25) is 0 Å². The van der Waals surface area contributed by atoms with Crippen LogP contribution >= 0.6 is 11.3 Å². The van der Waals surface area contributed by atoms with Crippen molar-refractivity contribution in [2.24, 2.45) is 5.92 Å². The van der Waals surface area contributed by atoms with Gasteiger partial charge in [0.05, 0.1) is 6.54 Å². The van der Waals surface area contributed by atoms with Crippen molar-refractivity contribution in [3.8, 4) is 10.4 Å². The number of fused-ring (bicyclic) bond motifs is 3. The molecule has 4 nitrogen and oxygen atoms in total. The van der Waals surface area contributed by atoms with Gasteiger partial charge in [-0.1, -0.05) is 36.4 Å². The molecule has 28 heavy (non-hydrogen) atoms. The Morgan fingerprint density at radius 2 is 1.79 bits per heavy atom. The van der Waals surface area contributed by atoms with Crippen molar-refractivity contribution in [3.05, 3.63) is 54.6 Å². The molecule has 3 aromatic rings. The van der Waals surface area contributed by atoms with Crippen LogP contribution in [0.25, 0.3) is 21.2 Å². The van der Waals surface area contributed by atoms with E-state index < -0.39 is 0 Å². The largest absolute Gasteiger partial charge is 0.439 e. The number of hydrogen-bond donors (Lipinski definition) is 0. The minimum atomic E-state index is -0.305. The SMILES string of the molecule is O=C1O[C@]2(CN3CCC2CC3)CN1c1ccc(-c2ccc3ccccc3c2)s1. The highest BCUT2D eigenvalue weighted by molar-refractivity contribution is 7.19. The van der Waals surface area contributed by atoms with Crippen molar-refractivity contribution in [1.82, 2.24) is 4.90 Å². The summed E-state index contributed by atoms with van der Waals surface area (Å²) in [5.41, 5.74) is 0.890. The first-order chi connectivity index (χ1) is 13.7. The number of thiophene rings is 1. The maximum atomic E-state index is 12.7. The zero-order valence-electron chi connectivity index (χ0n) is 15.6. The molecular weight excluding hydrogens is 368 g/mol. The Morgan fingerprint density at radius 3 is 2.57 bits per heavy atom. The molecule has 4 fully saturated rings. The van der Waals surface area contributed by atoms with Crippen LogP contribution in [-0.2, 0) is 4.74 Å². The quantitative estimate of drug-likeness (QED) is 0.618. The first-order valence-corrected chi connectivity index (χ1v) is 10.8. The summed E-state index contributed by atoms with van der Waals surface area (Å²) in [7, 11) is 0. The molecule has 2 bridgehead atoms. The van der Waals surface area contributed by atoms with Crippen LogP contribution in [0.1, 0.15) is 12.8 Å². The van der Waals surface area contributed by atoms with E-state index in [1.54, 1.807) is 11.3 Å². The van der Waals surface area contributed by atoms with Gasteiger partial charge >= 0.3 is 6.09 Å². The van der Waals surface area contributed by atoms with E-state index in [9.17, 15) is 4.79 Å². The lowest BCUT2D eigenvalue weighted by atomic mass is 9.75. The zero-order chi connectivity index (χ0) is 18.7. The van der Waals surface area contributed by atoms with Crippen molar-refractivity contribution in [1.29, 1.82) is 0 Å². The first kappa shape index (κ1) is 16.6. The Bertz CT molecular complexity index is 1070. The van der Waals surface area contributed by atoms with E-state index in [1.807, 2.05) is 4.90 Å². The minimum Gasteiger partial charge on any atom is -0.439 e. The predicted molar refractivity (Wildman–Crippen MR) is 113 cm³/mol. The number of carbonyl (C=O) groups excluding carboxylic acids is 1. The maximum absolute atomic E-state index is 12.7. The molecule has 4 aliphatic rings. The molecule has 142 valence electrons. The predicted octanol–water partition coefficient (Wildman–Crippen LogP) is 4.99. The Morgan fingerprint density at radius 1 is 0.964 bits per heavy atom. The fraction of sp³-hybridized carbons (Fsp3) is 0.348. The van der Waals surface area contributed by atoms with Crippen LogP contribution in [0, 0.1) is 5.92 Å². The molecule has 1 amide bonds. The van der Waals surface area contributed by atoms with Gasteiger partial charge in [0.15, 0.2) is 0 Å². The lowest BCUT2D eigenvalue weighted by Crippen LogP contribution is -2.61. The summed E-state index contributed by atoms with van der Waals surface area (Å²) in [6, 6.07) is 19.1. The van der Waals surface area contributed by atoms with Gasteiger partial charge in [-0.05, 0) is 60.5 Å². The van der Waals surface area contributed by atoms with Crippen molar-refractivity contribution >= 4 is 33.2 Å². The standard InChI is InChI=1S/C23H22N2O2S/c26-22-25(15-23(27-22)14-24-11-9-19(23)10-12-24)21-8-7-20(28-21)18-6-5-16-3-1-2-4-17(16)13-18/h1-8,13,19H,9-12,14-15H2/t23-/m1/s1.